The second-order valence-corrected chi connectivity index (χ2v) is 4.26. The molecule has 0 aliphatic heterocycles. The number of rotatable bonds is 7. The molecule has 1 aromatic rings. The Balaban J connectivity index is 2.85. The monoisotopic (exact) mass is 286 g/mol. The van der Waals surface area contributed by atoms with Gasteiger partial charge in [0.05, 0.1) is 17.6 Å². The second-order valence-electron chi connectivity index (χ2n) is 3.88. The first-order chi connectivity index (χ1) is 9.10. The molecule has 7 heteroatoms. The fraction of sp³-hybridized carbons (Fsp3) is 0.417. The topological polar surface area (TPSA) is 81.5 Å². The zero-order valence-corrected chi connectivity index (χ0v) is 11.2. The number of para-hydroxylation sites is 1. The van der Waals surface area contributed by atoms with Crippen molar-refractivity contribution in [2.45, 2.75) is 12.5 Å². The summed E-state index contributed by atoms with van der Waals surface area (Å²) in [5.41, 5.74) is -0.190. The zero-order valence-electron chi connectivity index (χ0n) is 10.5. The van der Waals surface area contributed by atoms with E-state index in [1.807, 2.05) is 0 Å². The number of ether oxygens (including phenoxy) is 1. The Morgan fingerprint density at radius 1 is 1.53 bits per heavy atom. The van der Waals surface area contributed by atoms with Gasteiger partial charge in [-0.2, -0.15) is 0 Å². The van der Waals surface area contributed by atoms with E-state index in [0.717, 1.165) is 0 Å². The summed E-state index contributed by atoms with van der Waals surface area (Å²) in [5.74, 6) is -0.134. The molecule has 1 N–H and O–H groups in total. The van der Waals surface area contributed by atoms with Gasteiger partial charge in [-0.3, -0.25) is 14.9 Å². The Kier molecular flexibility index (Phi) is 6.24. The Morgan fingerprint density at radius 3 is 2.79 bits per heavy atom. The van der Waals surface area contributed by atoms with Crippen LogP contribution in [-0.4, -0.2) is 36.5 Å². The van der Waals surface area contributed by atoms with Crippen molar-refractivity contribution in [1.29, 1.82) is 0 Å². The molecule has 0 heterocycles. The summed E-state index contributed by atoms with van der Waals surface area (Å²) in [6, 6.07) is 5.53. The van der Waals surface area contributed by atoms with E-state index in [-0.39, 0.29) is 17.3 Å². The highest BCUT2D eigenvalue weighted by molar-refractivity contribution is 6.17. The molecule has 0 saturated carbocycles. The SMILES string of the molecule is COCC(CCCl)NC(=O)c1ccccc1[N+](=O)[O-]. The number of carbonyl (C=O) groups excluding carboxylic acids is 1. The van der Waals surface area contributed by atoms with Crippen LogP contribution in [0.2, 0.25) is 0 Å². The molecular weight excluding hydrogens is 272 g/mol. The van der Waals surface area contributed by atoms with Gasteiger partial charge in [-0.05, 0) is 12.5 Å². The van der Waals surface area contributed by atoms with E-state index in [0.29, 0.717) is 18.9 Å². The fourth-order valence-corrected chi connectivity index (χ4v) is 1.88. The van der Waals surface area contributed by atoms with Crippen LogP contribution in [0.1, 0.15) is 16.8 Å². The van der Waals surface area contributed by atoms with Crippen molar-refractivity contribution < 1.29 is 14.5 Å². The van der Waals surface area contributed by atoms with Crippen LogP contribution in [0.3, 0.4) is 0 Å². The zero-order chi connectivity index (χ0) is 14.3. The minimum absolute atomic E-state index is 0.0307. The van der Waals surface area contributed by atoms with Crippen LogP contribution in [0.5, 0.6) is 0 Å². The fourth-order valence-electron chi connectivity index (χ4n) is 1.62. The number of hydrogen-bond acceptors (Lipinski definition) is 4. The molecule has 19 heavy (non-hydrogen) atoms. The van der Waals surface area contributed by atoms with Crippen LogP contribution < -0.4 is 5.32 Å². The van der Waals surface area contributed by atoms with Crippen LogP contribution in [0.25, 0.3) is 0 Å². The number of amides is 1. The number of alkyl halides is 1. The quantitative estimate of drug-likeness (QED) is 0.472. The lowest BCUT2D eigenvalue weighted by atomic mass is 10.1. The number of benzene rings is 1. The van der Waals surface area contributed by atoms with Gasteiger partial charge in [-0.1, -0.05) is 12.1 Å². The van der Waals surface area contributed by atoms with Gasteiger partial charge in [0.25, 0.3) is 11.6 Å². The average molecular weight is 287 g/mol. The molecular formula is C12H15ClN2O4. The number of nitro benzene ring substituents is 1. The van der Waals surface area contributed by atoms with Crippen molar-refractivity contribution in [1.82, 2.24) is 5.32 Å². The van der Waals surface area contributed by atoms with E-state index in [2.05, 4.69) is 5.32 Å². The molecule has 0 aromatic heterocycles. The summed E-state index contributed by atoms with van der Waals surface area (Å²) in [4.78, 5) is 22.3. The van der Waals surface area contributed by atoms with Gasteiger partial charge in [0.1, 0.15) is 5.56 Å². The maximum absolute atomic E-state index is 12.0. The van der Waals surface area contributed by atoms with Crippen molar-refractivity contribution in [2.24, 2.45) is 0 Å². The molecule has 1 atom stereocenters. The Labute approximate surface area is 115 Å². The Hall–Kier alpha value is -1.66. The molecule has 1 unspecified atom stereocenters. The van der Waals surface area contributed by atoms with E-state index in [4.69, 9.17) is 16.3 Å². The number of nitro groups is 1. The van der Waals surface area contributed by atoms with Gasteiger partial charge in [0.15, 0.2) is 0 Å². The second kappa shape index (κ2) is 7.70. The highest BCUT2D eigenvalue weighted by Crippen LogP contribution is 2.17. The first-order valence-electron chi connectivity index (χ1n) is 5.69. The predicted molar refractivity (Wildman–Crippen MR) is 71.6 cm³/mol. The molecule has 0 spiro atoms. The van der Waals surface area contributed by atoms with Crippen molar-refractivity contribution in [3.05, 3.63) is 39.9 Å². The largest absolute Gasteiger partial charge is 0.383 e. The average Bonchev–Trinajstić information content (AvgIpc) is 2.39. The summed E-state index contributed by atoms with van der Waals surface area (Å²) in [5, 5.41) is 13.5. The van der Waals surface area contributed by atoms with Crippen LogP contribution in [0, 0.1) is 10.1 Å². The molecule has 0 saturated heterocycles. The lowest BCUT2D eigenvalue weighted by molar-refractivity contribution is -0.385. The lowest BCUT2D eigenvalue weighted by Crippen LogP contribution is -2.38. The number of nitrogens with one attached hydrogen (secondary N) is 1. The maximum Gasteiger partial charge on any atom is 0.282 e. The molecule has 0 bridgehead atoms. The van der Waals surface area contributed by atoms with Gasteiger partial charge in [-0.25, -0.2) is 0 Å². The highest BCUT2D eigenvalue weighted by Gasteiger charge is 2.21. The number of nitrogens with zero attached hydrogens (tertiary/aromatic N) is 1. The third-order valence-corrected chi connectivity index (χ3v) is 2.72. The third-order valence-electron chi connectivity index (χ3n) is 2.51. The minimum atomic E-state index is -0.582. The first-order valence-corrected chi connectivity index (χ1v) is 6.22. The first kappa shape index (κ1) is 15.4. The van der Waals surface area contributed by atoms with E-state index in [9.17, 15) is 14.9 Å². The number of halogens is 1. The van der Waals surface area contributed by atoms with Gasteiger partial charge >= 0.3 is 0 Å². The summed E-state index contributed by atoms with van der Waals surface area (Å²) >= 11 is 5.63. The van der Waals surface area contributed by atoms with E-state index >= 15 is 0 Å². The smallest absolute Gasteiger partial charge is 0.282 e. The molecule has 1 rings (SSSR count). The number of methoxy groups -OCH3 is 1. The summed E-state index contributed by atoms with van der Waals surface area (Å²) < 4.78 is 4.96. The van der Waals surface area contributed by atoms with Gasteiger partial charge in [0.2, 0.25) is 0 Å². The molecule has 104 valence electrons. The van der Waals surface area contributed by atoms with Crippen LogP contribution in [0.15, 0.2) is 24.3 Å². The van der Waals surface area contributed by atoms with Crippen LogP contribution in [-0.2, 0) is 4.74 Å². The number of hydrogen-bond donors (Lipinski definition) is 1. The van der Waals surface area contributed by atoms with E-state index < -0.39 is 10.8 Å². The molecule has 0 aliphatic carbocycles. The normalized spacial score (nSPS) is 11.9. The van der Waals surface area contributed by atoms with Gasteiger partial charge in [0, 0.05) is 19.1 Å². The van der Waals surface area contributed by atoms with E-state index in [1.165, 1.54) is 25.3 Å². The molecule has 0 fully saturated rings. The van der Waals surface area contributed by atoms with Crippen molar-refractivity contribution in [3.8, 4) is 0 Å². The maximum atomic E-state index is 12.0. The van der Waals surface area contributed by atoms with Crippen LogP contribution >= 0.6 is 11.6 Å². The highest BCUT2D eigenvalue weighted by atomic mass is 35.5. The molecule has 6 nitrogen and oxygen atoms in total. The third kappa shape index (κ3) is 4.50. The molecule has 1 aromatic carbocycles. The summed E-state index contributed by atoms with van der Waals surface area (Å²) in [7, 11) is 1.51. The standard InChI is InChI=1S/C12H15ClN2O4/c1-19-8-9(6-7-13)14-12(16)10-4-2-3-5-11(10)15(17)18/h2-5,9H,6-8H2,1H3,(H,14,16). The predicted octanol–water partition coefficient (Wildman–Crippen LogP) is 1.97. The molecule has 1 amide bonds. The Bertz CT molecular complexity index is 447. The van der Waals surface area contributed by atoms with E-state index in [1.54, 1.807) is 6.07 Å². The van der Waals surface area contributed by atoms with Crippen molar-refractivity contribution >= 4 is 23.2 Å². The lowest BCUT2D eigenvalue weighted by Gasteiger charge is -2.16. The number of carbonyl (C=O) groups is 1. The van der Waals surface area contributed by atoms with Crippen molar-refractivity contribution in [3.63, 3.8) is 0 Å². The van der Waals surface area contributed by atoms with Gasteiger partial charge < -0.3 is 10.1 Å². The molecule has 0 radical (unpaired) electrons. The van der Waals surface area contributed by atoms with Crippen molar-refractivity contribution in [2.75, 3.05) is 19.6 Å². The Morgan fingerprint density at radius 2 is 2.21 bits per heavy atom. The van der Waals surface area contributed by atoms with Gasteiger partial charge in [-0.15, -0.1) is 11.6 Å². The van der Waals surface area contributed by atoms with Crippen LogP contribution in [0.4, 0.5) is 5.69 Å². The molecule has 0 aliphatic rings. The summed E-state index contributed by atoms with van der Waals surface area (Å²) in [6.45, 7) is 0.305. The summed E-state index contributed by atoms with van der Waals surface area (Å²) in [6.07, 6.45) is 0.530. The minimum Gasteiger partial charge on any atom is -0.383 e.